The Morgan fingerprint density at radius 3 is 1.57 bits per heavy atom. The molecule has 1 unspecified atom stereocenters. The molecule has 0 radical (unpaired) electrons. The van der Waals surface area contributed by atoms with E-state index in [-0.39, 0.29) is 12.8 Å². The van der Waals surface area contributed by atoms with E-state index >= 15 is 0 Å². The lowest BCUT2D eigenvalue weighted by molar-refractivity contribution is -0.144. The molecule has 0 rings (SSSR count). The molecule has 0 aromatic rings. The Kier molecular flexibility index (Phi) is 8.92. The fourth-order valence-corrected chi connectivity index (χ4v) is 1.57. The molecule has 23 heavy (non-hydrogen) atoms. The average Bonchev–Trinajstić information content (AvgIpc) is 2.41. The molecule has 130 valence electrons. The third-order valence-corrected chi connectivity index (χ3v) is 2.73. The van der Waals surface area contributed by atoms with Crippen LogP contribution in [0.1, 0.15) is 25.7 Å². The summed E-state index contributed by atoms with van der Waals surface area (Å²) in [5.74, 6) is -6.02. The maximum absolute atomic E-state index is 11.6. The van der Waals surface area contributed by atoms with Gasteiger partial charge in [0.2, 0.25) is 5.91 Å². The molecule has 0 fully saturated rings. The Morgan fingerprint density at radius 2 is 1.17 bits per heavy atom. The Morgan fingerprint density at radius 1 is 0.739 bits per heavy atom. The molecule has 0 saturated carbocycles. The molecular weight excluding hydrogens is 316 g/mol. The lowest BCUT2D eigenvalue weighted by Gasteiger charge is -2.16. The number of carboxylic acid groups (broad SMARTS) is 4. The summed E-state index contributed by atoms with van der Waals surface area (Å²) < 4.78 is 0. The van der Waals surface area contributed by atoms with E-state index in [9.17, 15) is 24.0 Å². The second-order valence-corrected chi connectivity index (χ2v) is 4.59. The quantitative estimate of drug-likeness (QED) is 0.240. The van der Waals surface area contributed by atoms with Crippen LogP contribution >= 0.6 is 0 Å². The number of carbonyl (C=O) groups is 5. The van der Waals surface area contributed by atoms with Gasteiger partial charge in [0.25, 0.3) is 0 Å². The highest BCUT2D eigenvalue weighted by Gasteiger charge is 2.23. The largest absolute Gasteiger partial charge is 0.481 e. The van der Waals surface area contributed by atoms with Crippen LogP contribution in [0, 0.1) is 0 Å². The number of amides is 1. The van der Waals surface area contributed by atoms with Gasteiger partial charge in [0, 0.05) is 12.8 Å². The first-order valence-electron chi connectivity index (χ1n) is 6.55. The van der Waals surface area contributed by atoms with Crippen molar-refractivity contribution >= 4 is 29.8 Å². The van der Waals surface area contributed by atoms with Crippen molar-refractivity contribution < 1.29 is 44.4 Å². The fraction of sp³-hybridized carbons (Fsp3) is 0.583. The Balaban J connectivity index is 4.42. The number of rotatable bonds is 12. The summed E-state index contributed by atoms with van der Waals surface area (Å²) in [5, 5.41) is 39.1. The monoisotopic (exact) mass is 334 g/mol. The molecule has 0 aliphatic heterocycles. The summed E-state index contributed by atoms with van der Waals surface area (Å²) in [6.07, 6.45) is -1.44. The van der Waals surface area contributed by atoms with Crippen molar-refractivity contribution in [3.63, 3.8) is 0 Å². The van der Waals surface area contributed by atoms with Crippen LogP contribution < -0.4 is 10.6 Å². The lowest BCUT2D eigenvalue weighted by atomic mass is 10.1. The van der Waals surface area contributed by atoms with Crippen LogP contribution in [0.3, 0.4) is 0 Å². The summed E-state index contributed by atoms with van der Waals surface area (Å²) >= 11 is 0. The first kappa shape index (κ1) is 20.3. The minimum absolute atomic E-state index is 0.251. The lowest BCUT2D eigenvalue weighted by Crippen LogP contribution is -2.48. The summed E-state index contributed by atoms with van der Waals surface area (Å²) in [4.78, 5) is 54.1. The maximum atomic E-state index is 11.6. The van der Waals surface area contributed by atoms with Crippen LogP contribution in [0.5, 0.6) is 0 Å². The smallest absolute Gasteiger partial charge is 0.326 e. The second-order valence-electron chi connectivity index (χ2n) is 4.59. The minimum atomic E-state index is -1.42. The number of nitrogens with one attached hydrogen (secondary N) is 2. The zero-order valence-corrected chi connectivity index (χ0v) is 12.0. The van der Waals surface area contributed by atoms with Gasteiger partial charge in [-0.25, -0.2) is 4.79 Å². The van der Waals surface area contributed by atoms with E-state index in [4.69, 9.17) is 20.4 Å². The van der Waals surface area contributed by atoms with Gasteiger partial charge in [0.05, 0.1) is 6.54 Å². The Bertz CT molecular complexity index is 477. The van der Waals surface area contributed by atoms with Crippen LogP contribution in [-0.4, -0.2) is 68.8 Å². The van der Waals surface area contributed by atoms with Crippen molar-refractivity contribution in [2.24, 2.45) is 0 Å². The van der Waals surface area contributed by atoms with Crippen LogP contribution in [0.2, 0.25) is 0 Å². The molecule has 6 N–H and O–H groups in total. The van der Waals surface area contributed by atoms with E-state index in [0.717, 1.165) is 0 Å². The Labute approximate surface area is 130 Å². The van der Waals surface area contributed by atoms with E-state index in [2.05, 4.69) is 10.6 Å². The normalized spacial score (nSPS) is 12.9. The summed E-state index contributed by atoms with van der Waals surface area (Å²) in [6.45, 7) is -0.548. The van der Waals surface area contributed by atoms with Crippen molar-refractivity contribution in [2.75, 3.05) is 6.54 Å². The predicted octanol–water partition coefficient (Wildman–Crippen LogP) is -1.67. The first-order chi connectivity index (χ1) is 10.6. The van der Waals surface area contributed by atoms with Crippen molar-refractivity contribution in [3.05, 3.63) is 0 Å². The minimum Gasteiger partial charge on any atom is -0.481 e. The molecule has 11 nitrogen and oxygen atoms in total. The van der Waals surface area contributed by atoms with Crippen LogP contribution in [-0.2, 0) is 24.0 Å². The molecule has 0 heterocycles. The van der Waals surface area contributed by atoms with E-state index < -0.39 is 61.3 Å². The molecule has 0 aromatic heterocycles. The number of hydrogen-bond acceptors (Lipinski definition) is 6. The van der Waals surface area contributed by atoms with Crippen LogP contribution in [0.4, 0.5) is 0 Å². The molecule has 2 atom stereocenters. The van der Waals surface area contributed by atoms with Crippen molar-refractivity contribution in [1.82, 2.24) is 10.6 Å². The molecule has 0 aromatic carbocycles. The molecule has 11 heteroatoms. The molecule has 0 aliphatic rings. The van der Waals surface area contributed by atoms with Crippen molar-refractivity contribution in [3.8, 4) is 0 Å². The van der Waals surface area contributed by atoms with Gasteiger partial charge in [-0.15, -0.1) is 0 Å². The zero-order valence-electron chi connectivity index (χ0n) is 12.0. The van der Waals surface area contributed by atoms with Crippen LogP contribution in [0.15, 0.2) is 0 Å². The summed E-state index contributed by atoms with van der Waals surface area (Å²) in [6, 6.07) is -2.69. The highest BCUT2D eigenvalue weighted by atomic mass is 16.4. The van der Waals surface area contributed by atoms with E-state index in [1.807, 2.05) is 0 Å². The van der Waals surface area contributed by atoms with Gasteiger partial charge >= 0.3 is 23.9 Å². The molecule has 0 bridgehead atoms. The highest BCUT2D eigenvalue weighted by molar-refractivity contribution is 5.85. The van der Waals surface area contributed by atoms with E-state index in [1.54, 1.807) is 0 Å². The molecule has 0 spiro atoms. The SMILES string of the molecule is O=C(O)CCC(NC(=O)CN[C@@H](CCC(=O)O)C(=O)O)C(=O)O. The molecular formula is C12H18N2O9. The summed E-state index contributed by atoms with van der Waals surface area (Å²) in [5.41, 5.74) is 0. The number of hydrogen-bond donors (Lipinski definition) is 6. The van der Waals surface area contributed by atoms with Gasteiger partial charge in [-0.1, -0.05) is 0 Å². The number of carbonyl (C=O) groups excluding carboxylic acids is 1. The third kappa shape index (κ3) is 9.79. The van der Waals surface area contributed by atoms with E-state index in [1.165, 1.54) is 0 Å². The standard InChI is InChI=1S/C12H18N2O9/c15-8(14-7(12(22)23)2-4-10(18)19)5-13-6(11(20)21)1-3-9(16)17/h6-7,13H,1-5H2,(H,14,15)(H,16,17)(H,18,19)(H,20,21)(H,22,23)/t6-,7?/m0/s1. The first-order valence-corrected chi connectivity index (χ1v) is 6.55. The fourth-order valence-electron chi connectivity index (χ4n) is 1.57. The highest BCUT2D eigenvalue weighted by Crippen LogP contribution is 2.00. The molecule has 1 amide bonds. The maximum Gasteiger partial charge on any atom is 0.326 e. The molecule has 0 saturated heterocycles. The van der Waals surface area contributed by atoms with Gasteiger partial charge in [0.15, 0.2) is 0 Å². The topological polar surface area (TPSA) is 190 Å². The van der Waals surface area contributed by atoms with Gasteiger partial charge in [-0.2, -0.15) is 0 Å². The summed E-state index contributed by atoms with van der Waals surface area (Å²) in [7, 11) is 0. The predicted molar refractivity (Wildman–Crippen MR) is 72.7 cm³/mol. The third-order valence-electron chi connectivity index (χ3n) is 2.73. The molecule has 0 aliphatic carbocycles. The number of carboxylic acids is 4. The van der Waals surface area contributed by atoms with Gasteiger partial charge in [-0.05, 0) is 12.8 Å². The van der Waals surface area contributed by atoms with Crippen molar-refractivity contribution in [1.29, 1.82) is 0 Å². The Hall–Kier alpha value is -2.69. The van der Waals surface area contributed by atoms with Gasteiger partial charge in [-0.3, -0.25) is 24.5 Å². The second kappa shape index (κ2) is 10.1. The van der Waals surface area contributed by atoms with Crippen LogP contribution in [0.25, 0.3) is 0 Å². The zero-order chi connectivity index (χ0) is 18.0. The van der Waals surface area contributed by atoms with Gasteiger partial charge in [0.1, 0.15) is 12.1 Å². The van der Waals surface area contributed by atoms with Gasteiger partial charge < -0.3 is 25.7 Å². The number of aliphatic carboxylic acids is 4. The average molecular weight is 334 g/mol. The van der Waals surface area contributed by atoms with Crippen molar-refractivity contribution in [2.45, 2.75) is 37.8 Å². The van der Waals surface area contributed by atoms with E-state index in [0.29, 0.717) is 0 Å².